The molecule has 3 nitrogen and oxygen atoms in total. The van der Waals surface area contributed by atoms with Crippen LogP contribution >= 0.6 is 28.3 Å². The van der Waals surface area contributed by atoms with Crippen LogP contribution in [0.3, 0.4) is 0 Å². The molecular weight excluding hydrogens is 316 g/mol. The van der Waals surface area contributed by atoms with Crippen LogP contribution in [0.5, 0.6) is 0 Å². The number of amides is 1. The third-order valence-corrected chi connectivity index (χ3v) is 2.71. The van der Waals surface area contributed by atoms with E-state index in [4.69, 9.17) is 0 Å². The Morgan fingerprint density at radius 2 is 1.94 bits per heavy atom. The van der Waals surface area contributed by atoms with Crippen LogP contribution in [0.1, 0.15) is 16.1 Å². The fourth-order valence-corrected chi connectivity index (χ4v) is 1.83. The van der Waals surface area contributed by atoms with Gasteiger partial charge in [-0.15, -0.1) is 12.4 Å². The van der Waals surface area contributed by atoms with E-state index < -0.39 is 0 Å². The molecule has 5 heteroatoms. The number of pyridine rings is 1. The topological polar surface area (TPSA) is 42.0 Å². The second kappa shape index (κ2) is 6.52. The van der Waals surface area contributed by atoms with Gasteiger partial charge in [-0.2, -0.15) is 0 Å². The van der Waals surface area contributed by atoms with Crippen LogP contribution in [0, 0.1) is 6.92 Å². The predicted octanol–water partition coefficient (Wildman–Crippen LogP) is 3.83. The molecular formula is C13H12BrClN2O. The molecule has 0 saturated carbocycles. The normalized spacial score (nSPS) is 9.44. The van der Waals surface area contributed by atoms with E-state index in [9.17, 15) is 4.79 Å². The number of aromatic nitrogens is 1. The number of benzene rings is 1. The third kappa shape index (κ3) is 3.82. The van der Waals surface area contributed by atoms with Crippen LogP contribution in [0.2, 0.25) is 0 Å². The number of hydrogen-bond acceptors (Lipinski definition) is 2. The zero-order valence-electron chi connectivity index (χ0n) is 9.68. The number of hydrogen-bond donors (Lipinski definition) is 1. The Hall–Kier alpha value is -1.39. The fourth-order valence-electron chi connectivity index (χ4n) is 1.43. The molecule has 94 valence electrons. The number of aryl methyl sites for hydroxylation is 1. The Kier molecular flexibility index (Phi) is 5.31. The zero-order valence-corrected chi connectivity index (χ0v) is 12.1. The first kappa shape index (κ1) is 14.7. The lowest BCUT2D eigenvalue weighted by atomic mass is 10.2. The average molecular weight is 328 g/mol. The van der Waals surface area contributed by atoms with Crippen molar-refractivity contribution in [3.05, 3.63) is 58.2 Å². The largest absolute Gasteiger partial charge is 0.307 e. The lowest BCUT2D eigenvalue weighted by Gasteiger charge is -2.05. The molecule has 1 N–H and O–H groups in total. The van der Waals surface area contributed by atoms with Crippen molar-refractivity contribution >= 4 is 40.1 Å². The number of anilines is 1. The molecule has 0 saturated heterocycles. The molecule has 0 spiro atoms. The third-order valence-electron chi connectivity index (χ3n) is 2.22. The number of rotatable bonds is 2. The molecule has 1 aromatic heterocycles. The minimum Gasteiger partial charge on any atom is -0.307 e. The second-order valence-corrected chi connectivity index (χ2v) is 4.54. The molecule has 0 aliphatic rings. The Morgan fingerprint density at radius 1 is 1.22 bits per heavy atom. The van der Waals surface area contributed by atoms with Gasteiger partial charge in [-0.1, -0.05) is 28.1 Å². The highest BCUT2D eigenvalue weighted by Gasteiger charge is 2.06. The molecule has 0 atom stereocenters. The van der Waals surface area contributed by atoms with E-state index in [-0.39, 0.29) is 18.3 Å². The summed E-state index contributed by atoms with van der Waals surface area (Å²) >= 11 is 3.33. The maximum absolute atomic E-state index is 11.9. The first-order chi connectivity index (χ1) is 8.15. The van der Waals surface area contributed by atoms with Crippen molar-refractivity contribution in [2.24, 2.45) is 0 Å². The number of carbonyl (C=O) groups excluding carboxylic acids is 1. The molecule has 2 rings (SSSR count). The standard InChI is InChI=1S/C13H11BrN2O.ClH/c1-9-4-2-7-12(15-9)16-13(17)10-5-3-6-11(14)8-10;/h2-8H,1H3,(H,15,16,17);1H. The fraction of sp³-hybridized carbons (Fsp3) is 0.0769. The van der Waals surface area contributed by atoms with Crippen molar-refractivity contribution in [1.82, 2.24) is 4.98 Å². The highest BCUT2D eigenvalue weighted by molar-refractivity contribution is 9.10. The van der Waals surface area contributed by atoms with Crippen molar-refractivity contribution in [2.45, 2.75) is 6.92 Å². The Bertz CT molecular complexity index is 560. The second-order valence-electron chi connectivity index (χ2n) is 3.63. The van der Waals surface area contributed by atoms with Crippen LogP contribution in [-0.4, -0.2) is 10.9 Å². The van der Waals surface area contributed by atoms with Gasteiger partial charge in [0.1, 0.15) is 5.82 Å². The average Bonchev–Trinajstić information content (AvgIpc) is 2.29. The number of carbonyl (C=O) groups is 1. The SMILES string of the molecule is Cc1cccc(NC(=O)c2cccc(Br)c2)n1.Cl. The summed E-state index contributed by atoms with van der Waals surface area (Å²) in [5.74, 6) is 0.402. The molecule has 0 aliphatic carbocycles. The summed E-state index contributed by atoms with van der Waals surface area (Å²) in [6.45, 7) is 1.88. The van der Waals surface area contributed by atoms with E-state index in [1.54, 1.807) is 18.2 Å². The van der Waals surface area contributed by atoms with Gasteiger partial charge in [0.05, 0.1) is 0 Å². The lowest BCUT2D eigenvalue weighted by Crippen LogP contribution is -2.13. The van der Waals surface area contributed by atoms with Gasteiger partial charge in [0, 0.05) is 15.7 Å². The van der Waals surface area contributed by atoms with E-state index >= 15 is 0 Å². The van der Waals surface area contributed by atoms with E-state index in [1.807, 2.05) is 31.2 Å². The Balaban J connectivity index is 0.00000162. The first-order valence-electron chi connectivity index (χ1n) is 5.16. The highest BCUT2D eigenvalue weighted by atomic mass is 79.9. The van der Waals surface area contributed by atoms with E-state index in [2.05, 4.69) is 26.2 Å². The summed E-state index contributed by atoms with van der Waals surface area (Å²) in [7, 11) is 0. The van der Waals surface area contributed by atoms with Gasteiger partial charge in [-0.05, 0) is 37.3 Å². The van der Waals surface area contributed by atoms with Crippen LogP contribution in [0.15, 0.2) is 46.9 Å². The van der Waals surface area contributed by atoms with Gasteiger partial charge < -0.3 is 5.32 Å². The predicted molar refractivity (Wildman–Crippen MR) is 78.3 cm³/mol. The molecule has 1 aromatic carbocycles. The molecule has 18 heavy (non-hydrogen) atoms. The van der Waals surface area contributed by atoms with Gasteiger partial charge in [0.2, 0.25) is 0 Å². The van der Waals surface area contributed by atoms with Crippen molar-refractivity contribution < 1.29 is 4.79 Å². The van der Waals surface area contributed by atoms with Gasteiger partial charge in [-0.25, -0.2) is 4.98 Å². The van der Waals surface area contributed by atoms with Crippen LogP contribution < -0.4 is 5.32 Å². The van der Waals surface area contributed by atoms with Gasteiger partial charge in [-0.3, -0.25) is 4.79 Å². The van der Waals surface area contributed by atoms with Crippen molar-refractivity contribution in [2.75, 3.05) is 5.32 Å². The molecule has 0 fully saturated rings. The number of nitrogens with one attached hydrogen (secondary N) is 1. The van der Waals surface area contributed by atoms with Crippen molar-refractivity contribution in [3.63, 3.8) is 0 Å². The first-order valence-corrected chi connectivity index (χ1v) is 5.95. The summed E-state index contributed by atoms with van der Waals surface area (Å²) in [6.07, 6.45) is 0. The quantitative estimate of drug-likeness (QED) is 0.911. The molecule has 0 unspecified atom stereocenters. The van der Waals surface area contributed by atoms with Crippen LogP contribution in [0.4, 0.5) is 5.82 Å². The minimum absolute atomic E-state index is 0. The lowest BCUT2D eigenvalue weighted by molar-refractivity contribution is 0.102. The molecule has 1 heterocycles. The molecule has 0 aliphatic heterocycles. The van der Waals surface area contributed by atoms with E-state index in [0.29, 0.717) is 11.4 Å². The summed E-state index contributed by atoms with van der Waals surface area (Å²) in [6, 6.07) is 12.7. The maximum Gasteiger partial charge on any atom is 0.256 e. The molecule has 0 bridgehead atoms. The van der Waals surface area contributed by atoms with Crippen LogP contribution in [0.25, 0.3) is 0 Å². The Morgan fingerprint density at radius 3 is 2.61 bits per heavy atom. The van der Waals surface area contributed by atoms with Crippen molar-refractivity contribution in [3.8, 4) is 0 Å². The minimum atomic E-state index is -0.163. The molecule has 1 amide bonds. The van der Waals surface area contributed by atoms with E-state index in [1.165, 1.54) is 0 Å². The van der Waals surface area contributed by atoms with Gasteiger partial charge >= 0.3 is 0 Å². The Labute approximate surface area is 120 Å². The maximum atomic E-state index is 11.9. The molecule has 2 aromatic rings. The van der Waals surface area contributed by atoms with Crippen LogP contribution in [-0.2, 0) is 0 Å². The summed E-state index contributed by atoms with van der Waals surface area (Å²) < 4.78 is 0.877. The van der Waals surface area contributed by atoms with Gasteiger partial charge in [0.25, 0.3) is 5.91 Å². The van der Waals surface area contributed by atoms with E-state index in [0.717, 1.165) is 10.2 Å². The summed E-state index contributed by atoms with van der Waals surface area (Å²) in [4.78, 5) is 16.1. The highest BCUT2D eigenvalue weighted by Crippen LogP contribution is 2.13. The number of halogens is 2. The monoisotopic (exact) mass is 326 g/mol. The van der Waals surface area contributed by atoms with Gasteiger partial charge in [0.15, 0.2) is 0 Å². The summed E-state index contributed by atoms with van der Waals surface area (Å²) in [5, 5.41) is 2.76. The van der Waals surface area contributed by atoms with Crippen molar-refractivity contribution in [1.29, 1.82) is 0 Å². The number of nitrogens with zero attached hydrogens (tertiary/aromatic N) is 1. The summed E-state index contributed by atoms with van der Waals surface area (Å²) in [5.41, 5.74) is 1.47. The zero-order chi connectivity index (χ0) is 12.3. The molecule has 0 radical (unpaired) electrons. The smallest absolute Gasteiger partial charge is 0.256 e.